The summed E-state index contributed by atoms with van der Waals surface area (Å²) in [5.41, 5.74) is 0.862. The van der Waals surface area contributed by atoms with Crippen molar-refractivity contribution >= 4 is 50.7 Å². The molecule has 1 aliphatic rings. The summed E-state index contributed by atoms with van der Waals surface area (Å²) in [6, 6.07) is 8.69. The van der Waals surface area contributed by atoms with E-state index < -0.39 is 28.5 Å². The minimum absolute atomic E-state index is 0.0263. The van der Waals surface area contributed by atoms with Crippen molar-refractivity contribution in [2.45, 2.75) is 51.2 Å². The van der Waals surface area contributed by atoms with E-state index in [1.54, 1.807) is 31.2 Å². The predicted molar refractivity (Wildman–Crippen MR) is 149 cm³/mol. The van der Waals surface area contributed by atoms with Crippen LogP contribution in [0.15, 0.2) is 36.4 Å². The lowest BCUT2D eigenvalue weighted by Crippen LogP contribution is -2.52. The van der Waals surface area contributed by atoms with Gasteiger partial charge in [-0.15, -0.1) is 0 Å². The number of anilines is 1. The van der Waals surface area contributed by atoms with Gasteiger partial charge in [-0.1, -0.05) is 42.1 Å². The molecule has 0 spiro atoms. The van der Waals surface area contributed by atoms with Gasteiger partial charge in [-0.3, -0.25) is 13.9 Å². The summed E-state index contributed by atoms with van der Waals surface area (Å²) in [7, 11) is -0.992. The third kappa shape index (κ3) is 7.45. The number of sulfonamides is 1. The Kier molecular flexibility index (Phi) is 10.1. The Bertz CT molecular complexity index is 1270. The summed E-state index contributed by atoms with van der Waals surface area (Å²) >= 11 is 12.2. The molecule has 0 unspecified atom stereocenters. The quantitative estimate of drug-likeness (QED) is 0.422. The molecule has 0 aliphatic heterocycles. The molecule has 0 saturated heterocycles. The van der Waals surface area contributed by atoms with Gasteiger partial charge in [0.2, 0.25) is 21.8 Å². The van der Waals surface area contributed by atoms with Gasteiger partial charge < -0.3 is 19.7 Å². The molecule has 1 N–H and O–H groups in total. The molecule has 38 heavy (non-hydrogen) atoms. The van der Waals surface area contributed by atoms with Crippen LogP contribution in [0.1, 0.15) is 38.2 Å². The lowest BCUT2D eigenvalue weighted by Gasteiger charge is -2.32. The summed E-state index contributed by atoms with van der Waals surface area (Å²) in [5, 5.41) is 3.69. The average Bonchev–Trinajstić information content (AvgIpc) is 3.39. The van der Waals surface area contributed by atoms with Crippen molar-refractivity contribution in [3.05, 3.63) is 52.0 Å². The van der Waals surface area contributed by atoms with Crippen LogP contribution in [0.5, 0.6) is 11.5 Å². The third-order valence-electron chi connectivity index (χ3n) is 6.54. The highest BCUT2D eigenvalue weighted by Crippen LogP contribution is 2.32. The molecule has 1 saturated carbocycles. The second kappa shape index (κ2) is 12.9. The van der Waals surface area contributed by atoms with E-state index in [1.807, 2.05) is 0 Å². The number of nitrogens with one attached hydrogen (secondary N) is 1. The van der Waals surface area contributed by atoms with Crippen molar-refractivity contribution in [3.8, 4) is 11.5 Å². The molecule has 2 aromatic carbocycles. The molecule has 2 amide bonds. The van der Waals surface area contributed by atoms with E-state index >= 15 is 0 Å². The van der Waals surface area contributed by atoms with E-state index in [-0.39, 0.29) is 24.2 Å². The average molecular weight is 587 g/mol. The maximum Gasteiger partial charge on any atom is 0.244 e. The Hall–Kier alpha value is -2.69. The number of benzene rings is 2. The maximum absolute atomic E-state index is 13.7. The zero-order valence-corrected chi connectivity index (χ0v) is 24.2. The van der Waals surface area contributed by atoms with Gasteiger partial charge in [-0.2, -0.15) is 0 Å². The van der Waals surface area contributed by atoms with E-state index in [4.69, 9.17) is 32.7 Å². The second-order valence-electron chi connectivity index (χ2n) is 9.24. The first-order valence-electron chi connectivity index (χ1n) is 12.2. The van der Waals surface area contributed by atoms with Gasteiger partial charge >= 0.3 is 0 Å². The van der Waals surface area contributed by atoms with E-state index in [2.05, 4.69) is 5.32 Å². The number of carbonyl (C=O) groups excluding carboxylic acids is 2. The number of nitrogens with zero attached hydrogens (tertiary/aromatic N) is 2. The molecule has 0 radical (unpaired) electrons. The molecule has 0 aromatic heterocycles. The van der Waals surface area contributed by atoms with Gasteiger partial charge in [0, 0.05) is 18.7 Å². The first kappa shape index (κ1) is 29.9. The van der Waals surface area contributed by atoms with Crippen LogP contribution in [0.25, 0.3) is 0 Å². The summed E-state index contributed by atoms with van der Waals surface area (Å²) in [5.74, 6) is -0.148. The Labute approximate surface area is 234 Å². The minimum atomic E-state index is -3.89. The van der Waals surface area contributed by atoms with Gasteiger partial charge in [0.25, 0.3) is 0 Å². The van der Waals surface area contributed by atoms with Crippen LogP contribution in [0.4, 0.5) is 5.69 Å². The number of ether oxygens (including phenoxy) is 2. The molecule has 208 valence electrons. The minimum Gasteiger partial charge on any atom is -0.493 e. The fourth-order valence-electron chi connectivity index (χ4n) is 4.40. The molecule has 1 fully saturated rings. The van der Waals surface area contributed by atoms with Crippen LogP contribution < -0.4 is 19.1 Å². The Morgan fingerprint density at radius 1 is 1.03 bits per heavy atom. The lowest BCUT2D eigenvalue weighted by atomic mass is 10.1. The number of hydrogen-bond donors (Lipinski definition) is 1. The van der Waals surface area contributed by atoms with Crippen molar-refractivity contribution in [1.82, 2.24) is 10.2 Å². The van der Waals surface area contributed by atoms with Crippen molar-refractivity contribution in [2.75, 3.05) is 31.3 Å². The lowest BCUT2D eigenvalue weighted by molar-refractivity contribution is -0.139. The number of amides is 2. The Morgan fingerprint density at radius 3 is 2.26 bits per heavy atom. The highest BCUT2D eigenvalue weighted by molar-refractivity contribution is 7.92. The molecule has 0 bridgehead atoms. The van der Waals surface area contributed by atoms with Gasteiger partial charge in [-0.25, -0.2) is 8.42 Å². The van der Waals surface area contributed by atoms with Crippen LogP contribution in [0.2, 0.25) is 10.0 Å². The third-order valence-corrected chi connectivity index (χ3v) is 8.42. The molecular formula is C26H33Cl2N3O6S. The van der Waals surface area contributed by atoms with Crippen LogP contribution in [-0.2, 0) is 26.2 Å². The number of rotatable bonds is 11. The summed E-state index contributed by atoms with van der Waals surface area (Å²) in [4.78, 5) is 28.2. The fraction of sp³-hybridized carbons (Fsp3) is 0.462. The summed E-state index contributed by atoms with van der Waals surface area (Å²) in [6.45, 7) is 1.12. The van der Waals surface area contributed by atoms with Crippen molar-refractivity contribution in [3.63, 3.8) is 0 Å². The highest BCUT2D eigenvalue weighted by atomic mass is 35.5. The van der Waals surface area contributed by atoms with Crippen LogP contribution >= 0.6 is 23.2 Å². The number of halogens is 2. The Balaban J connectivity index is 1.93. The first-order valence-corrected chi connectivity index (χ1v) is 14.8. The van der Waals surface area contributed by atoms with Gasteiger partial charge in [0.15, 0.2) is 11.5 Å². The van der Waals surface area contributed by atoms with Gasteiger partial charge in [0.1, 0.15) is 12.6 Å². The normalized spacial score (nSPS) is 14.6. The zero-order chi connectivity index (χ0) is 28.0. The molecule has 1 aliphatic carbocycles. The second-order valence-corrected chi connectivity index (χ2v) is 12.0. The molecular weight excluding hydrogens is 553 g/mol. The van der Waals surface area contributed by atoms with Crippen molar-refractivity contribution in [1.29, 1.82) is 0 Å². The van der Waals surface area contributed by atoms with Crippen LogP contribution in [0.3, 0.4) is 0 Å². The van der Waals surface area contributed by atoms with Gasteiger partial charge in [-0.05, 0) is 49.6 Å². The predicted octanol–water partition coefficient (Wildman–Crippen LogP) is 4.25. The molecule has 0 heterocycles. The largest absolute Gasteiger partial charge is 0.493 e. The summed E-state index contributed by atoms with van der Waals surface area (Å²) < 4.78 is 37.1. The van der Waals surface area contributed by atoms with E-state index in [9.17, 15) is 18.0 Å². The number of hydrogen-bond acceptors (Lipinski definition) is 6. The first-order chi connectivity index (χ1) is 17.9. The fourth-order valence-corrected chi connectivity index (χ4v) is 5.57. The topological polar surface area (TPSA) is 105 Å². The smallest absolute Gasteiger partial charge is 0.244 e. The molecule has 2 aromatic rings. The maximum atomic E-state index is 13.7. The monoisotopic (exact) mass is 585 g/mol. The van der Waals surface area contributed by atoms with E-state index in [0.29, 0.717) is 27.1 Å². The van der Waals surface area contributed by atoms with E-state index in [0.717, 1.165) is 36.2 Å². The number of methoxy groups -OCH3 is 2. The van der Waals surface area contributed by atoms with Crippen molar-refractivity contribution < 1.29 is 27.5 Å². The highest BCUT2D eigenvalue weighted by Gasteiger charge is 2.31. The van der Waals surface area contributed by atoms with E-state index in [1.165, 1.54) is 31.3 Å². The van der Waals surface area contributed by atoms with Crippen LogP contribution in [0, 0.1) is 0 Å². The molecule has 1 atom stereocenters. The summed E-state index contributed by atoms with van der Waals surface area (Å²) in [6.07, 6.45) is 4.87. The molecule has 9 nitrogen and oxygen atoms in total. The Morgan fingerprint density at radius 2 is 1.68 bits per heavy atom. The molecule has 3 rings (SSSR count). The van der Waals surface area contributed by atoms with Crippen molar-refractivity contribution in [2.24, 2.45) is 0 Å². The van der Waals surface area contributed by atoms with Gasteiger partial charge in [0.05, 0.1) is 36.2 Å². The standard InChI is InChI=1S/C26H33Cl2N3O6S/c1-17(26(33)29-19-7-5-6-8-19)30(15-18-9-11-21(27)22(28)13-18)25(32)16-31(38(4,34)35)20-10-12-23(36-2)24(14-20)37-3/h9-14,17,19H,5-8,15-16H2,1-4H3,(H,29,33)/t17-/m0/s1. The number of carbonyl (C=O) groups is 2. The molecule has 12 heteroatoms. The SMILES string of the molecule is COc1ccc(N(CC(=O)N(Cc2ccc(Cl)c(Cl)c2)[C@@H](C)C(=O)NC2CCCC2)S(C)(=O)=O)cc1OC. The zero-order valence-electron chi connectivity index (χ0n) is 21.9. The van der Waals surface area contributed by atoms with Crippen LogP contribution in [-0.4, -0.2) is 64.2 Å².